The van der Waals surface area contributed by atoms with E-state index >= 15 is 0 Å². The van der Waals surface area contributed by atoms with E-state index < -0.39 is 0 Å². The summed E-state index contributed by atoms with van der Waals surface area (Å²) in [4.78, 5) is 31.7. The second kappa shape index (κ2) is 6.65. The van der Waals surface area contributed by atoms with E-state index in [4.69, 9.17) is 0 Å². The van der Waals surface area contributed by atoms with Crippen molar-refractivity contribution in [2.24, 2.45) is 0 Å². The van der Waals surface area contributed by atoms with Crippen LogP contribution in [0.3, 0.4) is 0 Å². The molecule has 7 heteroatoms. The summed E-state index contributed by atoms with van der Waals surface area (Å²) in [5.74, 6) is 0.253. The van der Waals surface area contributed by atoms with E-state index in [1.54, 1.807) is 6.20 Å². The topological polar surface area (TPSA) is 86.9 Å². The monoisotopic (exact) mass is 356 g/mol. The van der Waals surface area contributed by atoms with Gasteiger partial charge in [-0.05, 0) is 43.5 Å². The zero-order valence-corrected chi connectivity index (χ0v) is 14.7. The van der Waals surface area contributed by atoms with Gasteiger partial charge in [0.2, 0.25) is 0 Å². The van der Waals surface area contributed by atoms with Crippen LogP contribution in [-0.2, 0) is 0 Å². The zero-order valence-electron chi connectivity index (χ0n) is 13.9. The molecule has 1 aromatic heterocycles. The third kappa shape index (κ3) is 3.48. The molecule has 2 fully saturated rings. The van der Waals surface area contributed by atoms with Crippen molar-refractivity contribution in [3.05, 3.63) is 41.9 Å². The lowest BCUT2D eigenvalue weighted by molar-refractivity contribution is 0.0930. The Labute approximate surface area is 150 Å². The van der Waals surface area contributed by atoms with E-state index in [0.717, 1.165) is 22.8 Å². The average Bonchev–Trinajstić information content (AvgIpc) is 3.32. The summed E-state index contributed by atoms with van der Waals surface area (Å²) in [6.07, 6.45) is 5.05. The van der Waals surface area contributed by atoms with Crippen molar-refractivity contribution in [3.63, 3.8) is 0 Å². The van der Waals surface area contributed by atoms with Gasteiger partial charge in [-0.1, -0.05) is 11.8 Å². The van der Waals surface area contributed by atoms with Gasteiger partial charge in [0.25, 0.3) is 5.91 Å². The Bertz CT molecular complexity index is 802. The fraction of sp³-hybridized carbons (Fsp3) is 0.389. The third-order valence-corrected chi connectivity index (χ3v) is 5.78. The van der Waals surface area contributed by atoms with Gasteiger partial charge in [-0.3, -0.25) is 9.59 Å². The van der Waals surface area contributed by atoms with Crippen LogP contribution in [0.1, 0.15) is 47.2 Å². The molecule has 2 aromatic rings. The van der Waals surface area contributed by atoms with Gasteiger partial charge in [-0.25, -0.2) is 4.98 Å². The Hall–Kier alpha value is -2.12. The maximum atomic E-state index is 12.4. The van der Waals surface area contributed by atoms with Crippen LogP contribution in [0.5, 0.6) is 0 Å². The van der Waals surface area contributed by atoms with Crippen molar-refractivity contribution < 1.29 is 9.59 Å². The van der Waals surface area contributed by atoms with Crippen LogP contribution in [-0.4, -0.2) is 39.8 Å². The molecule has 0 saturated carbocycles. The highest BCUT2D eigenvalue weighted by Crippen LogP contribution is 2.29. The molecule has 2 aliphatic heterocycles. The Kier molecular flexibility index (Phi) is 4.35. The Morgan fingerprint density at radius 2 is 2.04 bits per heavy atom. The van der Waals surface area contributed by atoms with Crippen LogP contribution in [0.2, 0.25) is 0 Å². The maximum absolute atomic E-state index is 12.4. The molecule has 4 rings (SSSR count). The predicted octanol–water partition coefficient (Wildman–Crippen LogP) is 2.39. The molecule has 6 nitrogen and oxygen atoms in total. The van der Waals surface area contributed by atoms with Gasteiger partial charge in [0, 0.05) is 35.5 Å². The zero-order chi connectivity index (χ0) is 17.4. The first-order chi connectivity index (χ1) is 12.1. The quantitative estimate of drug-likeness (QED) is 0.716. The lowest BCUT2D eigenvalue weighted by Crippen LogP contribution is -2.42. The van der Waals surface area contributed by atoms with Crippen molar-refractivity contribution >= 4 is 23.5 Å². The molecule has 0 radical (unpaired) electrons. The van der Waals surface area contributed by atoms with Gasteiger partial charge in [0.05, 0.1) is 11.2 Å². The van der Waals surface area contributed by atoms with E-state index in [9.17, 15) is 9.59 Å². The molecule has 0 unspecified atom stereocenters. The number of carbonyl (C=O) groups is 2. The molecule has 3 N–H and O–H groups in total. The lowest BCUT2D eigenvalue weighted by atomic mass is 9.95. The summed E-state index contributed by atoms with van der Waals surface area (Å²) in [6.45, 7) is 1.48. The first-order valence-corrected chi connectivity index (χ1v) is 9.31. The molecule has 2 saturated heterocycles. The van der Waals surface area contributed by atoms with Crippen molar-refractivity contribution in [1.29, 1.82) is 0 Å². The van der Waals surface area contributed by atoms with Gasteiger partial charge >= 0.3 is 0 Å². The van der Waals surface area contributed by atoms with Crippen molar-refractivity contribution in [3.8, 4) is 0 Å². The molecule has 1 amide bonds. The average molecular weight is 356 g/mol. The second-order valence-electron chi connectivity index (χ2n) is 6.64. The Balaban J connectivity index is 1.37. The molecule has 0 aliphatic carbocycles. The summed E-state index contributed by atoms with van der Waals surface area (Å²) in [6, 6.07) is 8.74. The van der Waals surface area contributed by atoms with Crippen LogP contribution in [0.15, 0.2) is 40.4 Å². The van der Waals surface area contributed by atoms with Crippen LogP contribution < -0.4 is 10.6 Å². The number of nitrogens with one attached hydrogen (secondary N) is 3. The summed E-state index contributed by atoms with van der Waals surface area (Å²) >= 11 is 1.48. The SMILES string of the molecule is CC(=O)c1ncc(Sc2ccc(C(=O)N[C@@H]3C[C@H]4CC[C@@H]3N4)cc2)[nH]1. The van der Waals surface area contributed by atoms with Gasteiger partial charge in [0.15, 0.2) is 11.6 Å². The van der Waals surface area contributed by atoms with Gasteiger partial charge in [-0.15, -0.1) is 0 Å². The molecular formula is C18H20N4O2S. The number of rotatable bonds is 5. The Morgan fingerprint density at radius 1 is 1.24 bits per heavy atom. The molecule has 25 heavy (non-hydrogen) atoms. The number of nitrogens with zero attached hydrogens (tertiary/aromatic N) is 1. The number of ketones is 1. The van der Waals surface area contributed by atoms with Crippen molar-refractivity contribution in [1.82, 2.24) is 20.6 Å². The first-order valence-electron chi connectivity index (χ1n) is 8.49. The number of carbonyl (C=O) groups excluding carboxylic acids is 2. The maximum Gasteiger partial charge on any atom is 0.251 e. The number of aromatic nitrogens is 2. The van der Waals surface area contributed by atoms with E-state index in [2.05, 4.69) is 20.6 Å². The molecule has 1 aromatic carbocycles. The number of aromatic amines is 1. The lowest BCUT2D eigenvalue weighted by Gasteiger charge is -2.21. The number of H-pyrrole nitrogens is 1. The fourth-order valence-corrected chi connectivity index (χ4v) is 4.35. The summed E-state index contributed by atoms with van der Waals surface area (Å²) in [7, 11) is 0. The first kappa shape index (κ1) is 16.4. The highest BCUT2D eigenvalue weighted by Gasteiger charge is 2.39. The molecule has 130 valence electrons. The number of amides is 1. The number of hydrogen-bond donors (Lipinski definition) is 3. The smallest absolute Gasteiger partial charge is 0.251 e. The Morgan fingerprint density at radius 3 is 2.64 bits per heavy atom. The van der Waals surface area contributed by atoms with Crippen LogP contribution in [0, 0.1) is 0 Å². The normalized spacial score (nSPS) is 24.4. The predicted molar refractivity (Wildman–Crippen MR) is 95.0 cm³/mol. The van der Waals surface area contributed by atoms with Crippen molar-refractivity contribution in [2.75, 3.05) is 0 Å². The third-order valence-electron chi connectivity index (χ3n) is 4.85. The number of benzene rings is 1. The van der Waals surface area contributed by atoms with Gasteiger partial charge in [-0.2, -0.15) is 0 Å². The molecule has 3 atom stereocenters. The van der Waals surface area contributed by atoms with E-state index in [1.165, 1.54) is 25.1 Å². The number of imidazole rings is 1. The highest BCUT2D eigenvalue weighted by molar-refractivity contribution is 7.99. The number of fused-ring (bicyclic) bond motifs is 2. The minimum atomic E-state index is -0.0889. The van der Waals surface area contributed by atoms with E-state index in [1.807, 2.05) is 24.3 Å². The number of hydrogen-bond acceptors (Lipinski definition) is 5. The summed E-state index contributed by atoms with van der Waals surface area (Å²) in [5.41, 5.74) is 0.668. The van der Waals surface area contributed by atoms with Crippen LogP contribution in [0.25, 0.3) is 0 Å². The van der Waals surface area contributed by atoms with Gasteiger partial charge < -0.3 is 15.6 Å². The minimum Gasteiger partial charge on any atom is -0.348 e. The second-order valence-corrected chi connectivity index (χ2v) is 7.76. The summed E-state index contributed by atoms with van der Waals surface area (Å²) < 4.78 is 0. The molecule has 0 spiro atoms. The van der Waals surface area contributed by atoms with Crippen molar-refractivity contribution in [2.45, 2.75) is 54.2 Å². The van der Waals surface area contributed by atoms with Gasteiger partial charge in [0.1, 0.15) is 0 Å². The highest BCUT2D eigenvalue weighted by atomic mass is 32.2. The summed E-state index contributed by atoms with van der Waals surface area (Å²) in [5, 5.41) is 7.48. The molecule has 3 heterocycles. The van der Waals surface area contributed by atoms with E-state index in [-0.39, 0.29) is 17.7 Å². The standard InChI is InChI=1S/C18H20N4O2S/c1-10(23)17-19-9-16(22-17)25-13-5-2-11(3-6-13)18(24)21-15-8-12-4-7-14(15)20-12/h2-3,5-6,9,12,14-15,20H,4,7-8H2,1H3,(H,19,22)(H,21,24)/t12-,14+,15-/m1/s1. The fourth-order valence-electron chi connectivity index (χ4n) is 3.57. The van der Waals surface area contributed by atoms with Crippen LogP contribution in [0.4, 0.5) is 0 Å². The molecule has 2 bridgehead atoms. The largest absolute Gasteiger partial charge is 0.348 e. The number of Topliss-reactive ketones (excluding diaryl/α,β-unsaturated/α-hetero) is 1. The van der Waals surface area contributed by atoms with Crippen LogP contribution >= 0.6 is 11.8 Å². The minimum absolute atomic E-state index is 0.0173. The van der Waals surface area contributed by atoms with E-state index in [0.29, 0.717) is 23.5 Å². The molecular weight excluding hydrogens is 336 g/mol. The molecule has 2 aliphatic rings.